The number of nitrogens with zero attached hydrogens (tertiary/aromatic N) is 2. The molecule has 0 saturated carbocycles. The molecule has 1 atom stereocenters. The van der Waals surface area contributed by atoms with Gasteiger partial charge in [-0.2, -0.15) is 0 Å². The highest BCUT2D eigenvalue weighted by atomic mass is 16.3. The normalized spacial score (nSPS) is 19.5. The van der Waals surface area contributed by atoms with E-state index < -0.39 is 0 Å². The van der Waals surface area contributed by atoms with Crippen LogP contribution in [0, 0.1) is 0 Å². The van der Waals surface area contributed by atoms with Gasteiger partial charge in [0.1, 0.15) is 11.3 Å². The first-order valence-corrected chi connectivity index (χ1v) is 8.56. The summed E-state index contributed by atoms with van der Waals surface area (Å²) in [6, 6.07) is 20.9. The summed E-state index contributed by atoms with van der Waals surface area (Å²) in [4.78, 5) is 7.10. The average molecular weight is 318 g/mol. The Kier molecular flexibility index (Phi) is 4.08. The van der Waals surface area contributed by atoms with Crippen molar-refractivity contribution in [3.05, 3.63) is 72.0 Å². The van der Waals surface area contributed by atoms with Gasteiger partial charge in [-0.15, -0.1) is 0 Å². The first-order valence-electron chi connectivity index (χ1n) is 8.56. The van der Waals surface area contributed by atoms with Crippen molar-refractivity contribution in [2.45, 2.75) is 18.8 Å². The molecule has 122 valence electrons. The van der Waals surface area contributed by atoms with Crippen molar-refractivity contribution in [2.24, 2.45) is 4.99 Å². The Labute approximate surface area is 142 Å². The second-order valence-corrected chi connectivity index (χ2v) is 6.50. The second kappa shape index (κ2) is 6.52. The number of hydrogen-bond donors (Lipinski definition) is 0. The Bertz CT molecular complexity index is 817. The maximum Gasteiger partial charge on any atom is 0.134 e. The monoisotopic (exact) mass is 318 g/mol. The molecule has 0 bridgehead atoms. The first kappa shape index (κ1) is 15.0. The van der Waals surface area contributed by atoms with Crippen LogP contribution in [0.15, 0.2) is 70.1 Å². The van der Waals surface area contributed by atoms with E-state index in [0.29, 0.717) is 5.92 Å². The Balaban J connectivity index is 1.44. The van der Waals surface area contributed by atoms with Crippen LogP contribution in [-0.2, 0) is 6.42 Å². The number of para-hydroxylation sites is 1. The highest BCUT2D eigenvalue weighted by Crippen LogP contribution is 2.32. The second-order valence-electron chi connectivity index (χ2n) is 6.50. The zero-order chi connectivity index (χ0) is 16.4. The number of likely N-dealkylation sites (tertiary alicyclic amines) is 1. The quantitative estimate of drug-likeness (QED) is 0.709. The van der Waals surface area contributed by atoms with E-state index >= 15 is 0 Å². The molecule has 3 nitrogen and oxygen atoms in total. The topological polar surface area (TPSA) is 28.7 Å². The SMILES string of the molecule is CN1CC(c2cc3ccccc3o2)CC1=NCCc1ccccc1. The molecule has 2 heterocycles. The molecule has 0 aliphatic carbocycles. The molecule has 0 radical (unpaired) electrons. The molecule has 0 amide bonds. The molecule has 1 aromatic heterocycles. The maximum absolute atomic E-state index is 6.04. The number of amidine groups is 1. The Morgan fingerprint density at radius 2 is 1.88 bits per heavy atom. The van der Waals surface area contributed by atoms with Crippen molar-refractivity contribution in [1.82, 2.24) is 4.90 Å². The highest BCUT2D eigenvalue weighted by molar-refractivity contribution is 5.85. The van der Waals surface area contributed by atoms with Crippen molar-refractivity contribution < 1.29 is 4.42 Å². The van der Waals surface area contributed by atoms with E-state index in [9.17, 15) is 0 Å². The summed E-state index contributed by atoms with van der Waals surface area (Å²) in [6.07, 6.45) is 1.96. The van der Waals surface area contributed by atoms with E-state index in [0.717, 1.165) is 37.3 Å². The standard InChI is InChI=1S/C21H22N2O/c1-23-15-18(20-13-17-9-5-6-10-19(17)24-20)14-21(23)22-12-11-16-7-3-2-4-8-16/h2-10,13,18H,11-12,14-15H2,1H3. The molecular formula is C21H22N2O. The Hall–Kier alpha value is -2.55. The van der Waals surface area contributed by atoms with Gasteiger partial charge in [0.15, 0.2) is 0 Å². The molecule has 1 fully saturated rings. The molecule has 4 rings (SSSR count). The molecule has 2 aromatic carbocycles. The third kappa shape index (κ3) is 3.07. The van der Waals surface area contributed by atoms with Crippen LogP contribution >= 0.6 is 0 Å². The minimum absolute atomic E-state index is 0.401. The fourth-order valence-electron chi connectivity index (χ4n) is 3.41. The van der Waals surface area contributed by atoms with E-state index in [1.54, 1.807) is 0 Å². The predicted molar refractivity (Wildman–Crippen MR) is 98.7 cm³/mol. The van der Waals surface area contributed by atoms with Crippen LogP contribution in [0.3, 0.4) is 0 Å². The van der Waals surface area contributed by atoms with Gasteiger partial charge in [0.2, 0.25) is 0 Å². The molecule has 0 spiro atoms. The zero-order valence-corrected chi connectivity index (χ0v) is 14.0. The molecule has 0 N–H and O–H groups in total. The fourth-order valence-corrected chi connectivity index (χ4v) is 3.41. The minimum Gasteiger partial charge on any atom is -0.461 e. The van der Waals surface area contributed by atoms with Crippen LogP contribution in [0.5, 0.6) is 0 Å². The lowest BCUT2D eigenvalue weighted by molar-refractivity contribution is 0.456. The summed E-state index contributed by atoms with van der Waals surface area (Å²) in [5.41, 5.74) is 2.32. The lowest BCUT2D eigenvalue weighted by atomic mass is 10.1. The van der Waals surface area contributed by atoms with Gasteiger partial charge in [0.05, 0.1) is 5.84 Å². The van der Waals surface area contributed by atoms with Crippen molar-refractivity contribution in [2.75, 3.05) is 20.1 Å². The summed E-state index contributed by atoms with van der Waals surface area (Å²) in [6.45, 7) is 1.82. The average Bonchev–Trinajstić information content (AvgIpc) is 3.19. The largest absolute Gasteiger partial charge is 0.461 e. The minimum atomic E-state index is 0.401. The van der Waals surface area contributed by atoms with Gasteiger partial charge >= 0.3 is 0 Å². The zero-order valence-electron chi connectivity index (χ0n) is 14.0. The molecule has 3 heteroatoms. The van der Waals surface area contributed by atoms with Crippen LogP contribution in [0.25, 0.3) is 11.0 Å². The molecule has 1 aliphatic rings. The van der Waals surface area contributed by atoms with Gasteiger partial charge in [-0.3, -0.25) is 4.99 Å². The summed E-state index contributed by atoms with van der Waals surface area (Å²) < 4.78 is 6.04. The van der Waals surface area contributed by atoms with E-state index in [4.69, 9.17) is 9.41 Å². The number of hydrogen-bond acceptors (Lipinski definition) is 2. The van der Waals surface area contributed by atoms with Crippen LogP contribution in [0.1, 0.15) is 23.7 Å². The van der Waals surface area contributed by atoms with Gasteiger partial charge in [0.25, 0.3) is 0 Å². The van der Waals surface area contributed by atoms with Crippen LogP contribution in [0.2, 0.25) is 0 Å². The number of rotatable bonds is 4. The summed E-state index contributed by atoms with van der Waals surface area (Å²) >= 11 is 0. The molecule has 1 unspecified atom stereocenters. The van der Waals surface area contributed by atoms with Gasteiger partial charge in [-0.25, -0.2) is 0 Å². The first-order chi connectivity index (χ1) is 11.8. The molecular weight excluding hydrogens is 296 g/mol. The van der Waals surface area contributed by atoms with E-state index in [-0.39, 0.29) is 0 Å². The van der Waals surface area contributed by atoms with Crippen molar-refractivity contribution in [3.63, 3.8) is 0 Å². The smallest absolute Gasteiger partial charge is 0.134 e. The van der Waals surface area contributed by atoms with Crippen molar-refractivity contribution >= 4 is 16.8 Å². The van der Waals surface area contributed by atoms with E-state index in [1.165, 1.54) is 16.8 Å². The number of fused-ring (bicyclic) bond motifs is 1. The highest BCUT2D eigenvalue weighted by Gasteiger charge is 2.28. The number of benzene rings is 2. The van der Waals surface area contributed by atoms with Gasteiger partial charge < -0.3 is 9.32 Å². The van der Waals surface area contributed by atoms with Crippen LogP contribution < -0.4 is 0 Å². The van der Waals surface area contributed by atoms with Gasteiger partial charge in [-0.05, 0) is 24.1 Å². The summed E-state index contributed by atoms with van der Waals surface area (Å²) in [7, 11) is 2.13. The van der Waals surface area contributed by atoms with Crippen LogP contribution in [-0.4, -0.2) is 30.9 Å². The Morgan fingerprint density at radius 3 is 2.71 bits per heavy atom. The molecule has 1 saturated heterocycles. The lowest BCUT2D eigenvalue weighted by Gasteiger charge is -2.11. The lowest BCUT2D eigenvalue weighted by Crippen LogP contribution is -2.20. The van der Waals surface area contributed by atoms with Gasteiger partial charge in [-0.1, -0.05) is 48.5 Å². The van der Waals surface area contributed by atoms with Crippen molar-refractivity contribution in [3.8, 4) is 0 Å². The number of likely N-dealkylation sites (N-methyl/N-ethyl adjacent to an activating group) is 1. The summed E-state index contributed by atoms with van der Waals surface area (Å²) in [5, 5.41) is 1.18. The van der Waals surface area contributed by atoms with E-state index in [2.05, 4.69) is 60.5 Å². The molecule has 24 heavy (non-hydrogen) atoms. The Morgan fingerprint density at radius 1 is 1.08 bits per heavy atom. The van der Waals surface area contributed by atoms with Gasteiger partial charge in [0, 0.05) is 37.9 Å². The molecule has 3 aromatic rings. The third-order valence-electron chi connectivity index (χ3n) is 4.75. The number of aliphatic imine (C=N–C) groups is 1. The maximum atomic E-state index is 6.04. The van der Waals surface area contributed by atoms with Crippen molar-refractivity contribution in [1.29, 1.82) is 0 Å². The molecule has 1 aliphatic heterocycles. The van der Waals surface area contributed by atoms with E-state index in [1.807, 2.05) is 12.1 Å². The fraction of sp³-hybridized carbons (Fsp3) is 0.286. The number of furan rings is 1. The predicted octanol–water partition coefficient (Wildman–Crippen LogP) is 4.49. The summed E-state index contributed by atoms with van der Waals surface area (Å²) in [5.74, 6) is 2.67. The third-order valence-corrected chi connectivity index (χ3v) is 4.75. The van der Waals surface area contributed by atoms with Crippen LogP contribution in [0.4, 0.5) is 0 Å².